The van der Waals surface area contributed by atoms with Crippen molar-refractivity contribution in [3.8, 4) is 11.5 Å². The molecule has 0 unspecified atom stereocenters. The second kappa shape index (κ2) is 5.79. The smallest absolute Gasteiger partial charge is 0.188 e. The van der Waals surface area contributed by atoms with Crippen LogP contribution in [0.5, 0.6) is 11.5 Å². The van der Waals surface area contributed by atoms with E-state index < -0.39 is 0 Å². The number of aromatic nitrogens is 1. The van der Waals surface area contributed by atoms with E-state index in [9.17, 15) is 0 Å². The molecule has 1 heterocycles. The van der Waals surface area contributed by atoms with E-state index >= 15 is 0 Å². The molecule has 1 aromatic heterocycles. The first-order chi connectivity index (χ1) is 10.2. The van der Waals surface area contributed by atoms with E-state index in [-0.39, 0.29) is 0 Å². The zero-order chi connectivity index (χ0) is 14.8. The van der Waals surface area contributed by atoms with Crippen LogP contribution in [-0.2, 0) is 0 Å². The van der Waals surface area contributed by atoms with Gasteiger partial charge in [0.25, 0.3) is 0 Å². The van der Waals surface area contributed by atoms with Crippen molar-refractivity contribution in [2.45, 2.75) is 0 Å². The third kappa shape index (κ3) is 2.75. The first-order valence-electron chi connectivity index (χ1n) is 6.25. The van der Waals surface area contributed by atoms with Gasteiger partial charge in [0.1, 0.15) is 0 Å². The summed E-state index contributed by atoms with van der Waals surface area (Å²) in [5.41, 5.74) is 1.68. The summed E-state index contributed by atoms with van der Waals surface area (Å²) < 4.78 is 11.6. The molecule has 0 aliphatic heterocycles. The van der Waals surface area contributed by atoms with Gasteiger partial charge in [-0.1, -0.05) is 35.1 Å². The molecule has 0 atom stereocenters. The minimum absolute atomic E-state index is 0.659. The Hall–Kier alpha value is -1.98. The SMILES string of the molecule is COc1cc2nc(Nc3ccccc3Cl)sc2cc1OC. The van der Waals surface area contributed by atoms with Crippen molar-refractivity contribution in [3.05, 3.63) is 41.4 Å². The van der Waals surface area contributed by atoms with Crippen LogP contribution in [0.15, 0.2) is 36.4 Å². The summed E-state index contributed by atoms with van der Waals surface area (Å²) in [6.45, 7) is 0. The summed E-state index contributed by atoms with van der Waals surface area (Å²) in [4.78, 5) is 4.55. The largest absolute Gasteiger partial charge is 0.493 e. The van der Waals surface area contributed by atoms with E-state index in [1.54, 1.807) is 14.2 Å². The normalized spacial score (nSPS) is 10.6. The Morgan fingerprint density at radius 1 is 1.10 bits per heavy atom. The van der Waals surface area contributed by atoms with Gasteiger partial charge in [-0.05, 0) is 12.1 Å². The molecular formula is C15H13ClN2O2S. The van der Waals surface area contributed by atoms with Crippen LogP contribution >= 0.6 is 22.9 Å². The molecule has 0 aliphatic rings. The van der Waals surface area contributed by atoms with Gasteiger partial charge in [0.15, 0.2) is 16.6 Å². The first kappa shape index (κ1) is 14.0. The van der Waals surface area contributed by atoms with Crippen LogP contribution in [0.1, 0.15) is 0 Å². The standard InChI is InChI=1S/C15H13ClN2O2S/c1-19-12-7-11-14(8-13(12)20-2)21-15(18-11)17-10-6-4-3-5-9(10)16/h3-8H,1-2H3,(H,17,18). The van der Waals surface area contributed by atoms with Crippen LogP contribution in [-0.4, -0.2) is 19.2 Å². The van der Waals surface area contributed by atoms with Gasteiger partial charge in [-0.3, -0.25) is 0 Å². The summed E-state index contributed by atoms with van der Waals surface area (Å²) in [6, 6.07) is 11.3. The van der Waals surface area contributed by atoms with Gasteiger partial charge in [-0.25, -0.2) is 4.98 Å². The Morgan fingerprint density at radius 3 is 2.52 bits per heavy atom. The number of rotatable bonds is 4. The highest BCUT2D eigenvalue weighted by Crippen LogP contribution is 2.37. The average molecular weight is 321 g/mol. The Labute approximate surface area is 131 Å². The Balaban J connectivity index is 1.99. The average Bonchev–Trinajstić information content (AvgIpc) is 2.89. The predicted octanol–water partition coefficient (Wildman–Crippen LogP) is 4.71. The van der Waals surface area contributed by atoms with Gasteiger partial charge in [-0.2, -0.15) is 0 Å². The molecule has 0 aliphatic carbocycles. The zero-order valence-corrected chi connectivity index (χ0v) is 13.1. The fourth-order valence-electron chi connectivity index (χ4n) is 1.99. The summed E-state index contributed by atoms with van der Waals surface area (Å²) in [5, 5.41) is 4.66. The number of fused-ring (bicyclic) bond motifs is 1. The van der Waals surface area contributed by atoms with Gasteiger partial charge in [-0.15, -0.1) is 0 Å². The van der Waals surface area contributed by atoms with E-state index in [4.69, 9.17) is 21.1 Å². The van der Waals surface area contributed by atoms with Crippen molar-refractivity contribution in [1.29, 1.82) is 0 Å². The van der Waals surface area contributed by atoms with E-state index in [0.717, 1.165) is 21.0 Å². The van der Waals surface area contributed by atoms with Gasteiger partial charge in [0, 0.05) is 12.1 Å². The lowest BCUT2D eigenvalue weighted by Crippen LogP contribution is -1.90. The minimum atomic E-state index is 0.659. The highest BCUT2D eigenvalue weighted by molar-refractivity contribution is 7.22. The molecule has 3 aromatic rings. The van der Waals surface area contributed by atoms with Crippen molar-refractivity contribution < 1.29 is 9.47 Å². The predicted molar refractivity (Wildman–Crippen MR) is 87.5 cm³/mol. The highest BCUT2D eigenvalue weighted by Gasteiger charge is 2.11. The van der Waals surface area contributed by atoms with Crippen LogP contribution in [0, 0.1) is 0 Å². The number of thiazole rings is 1. The lowest BCUT2D eigenvalue weighted by molar-refractivity contribution is 0.356. The third-order valence-electron chi connectivity index (χ3n) is 3.01. The highest BCUT2D eigenvalue weighted by atomic mass is 35.5. The number of hydrogen-bond acceptors (Lipinski definition) is 5. The van der Waals surface area contributed by atoms with Gasteiger partial charge < -0.3 is 14.8 Å². The van der Waals surface area contributed by atoms with Crippen molar-refractivity contribution in [2.24, 2.45) is 0 Å². The van der Waals surface area contributed by atoms with Crippen molar-refractivity contribution in [2.75, 3.05) is 19.5 Å². The van der Waals surface area contributed by atoms with Crippen molar-refractivity contribution >= 4 is 44.0 Å². The number of para-hydroxylation sites is 1. The second-order valence-electron chi connectivity index (χ2n) is 4.30. The van der Waals surface area contributed by atoms with Crippen LogP contribution in [0.3, 0.4) is 0 Å². The van der Waals surface area contributed by atoms with Gasteiger partial charge >= 0.3 is 0 Å². The number of benzene rings is 2. The maximum absolute atomic E-state index is 6.14. The van der Waals surface area contributed by atoms with Crippen LogP contribution < -0.4 is 14.8 Å². The Morgan fingerprint density at radius 2 is 1.81 bits per heavy atom. The number of halogens is 1. The molecule has 0 saturated heterocycles. The van der Waals surface area contributed by atoms with Gasteiger partial charge in [0.05, 0.1) is 35.1 Å². The van der Waals surface area contributed by atoms with Crippen LogP contribution in [0.2, 0.25) is 5.02 Å². The molecule has 2 aromatic carbocycles. The molecule has 0 amide bonds. The number of anilines is 2. The molecule has 1 N–H and O–H groups in total. The zero-order valence-electron chi connectivity index (χ0n) is 11.5. The molecule has 3 rings (SSSR count). The maximum Gasteiger partial charge on any atom is 0.188 e. The fraction of sp³-hybridized carbons (Fsp3) is 0.133. The quantitative estimate of drug-likeness (QED) is 0.756. The van der Waals surface area contributed by atoms with E-state index in [1.165, 1.54) is 11.3 Å². The lowest BCUT2D eigenvalue weighted by atomic mass is 10.3. The minimum Gasteiger partial charge on any atom is -0.493 e. The lowest BCUT2D eigenvalue weighted by Gasteiger charge is -2.05. The molecule has 0 radical (unpaired) electrons. The summed E-state index contributed by atoms with van der Waals surface area (Å²) in [7, 11) is 3.23. The first-order valence-corrected chi connectivity index (χ1v) is 7.45. The van der Waals surface area contributed by atoms with E-state index in [1.807, 2.05) is 36.4 Å². The summed E-state index contributed by atoms with van der Waals surface area (Å²) in [6.07, 6.45) is 0. The number of nitrogens with one attached hydrogen (secondary N) is 1. The van der Waals surface area contributed by atoms with E-state index in [2.05, 4.69) is 10.3 Å². The number of methoxy groups -OCH3 is 2. The molecule has 6 heteroatoms. The molecule has 0 bridgehead atoms. The van der Waals surface area contributed by atoms with Crippen LogP contribution in [0.25, 0.3) is 10.2 Å². The van der Waals surface area contributed by atoms with Gasteiger partial charge in [0.2, 0.25) is 0 Å². The van der Waals surface area contributed by atoms with Crippen LogP contribution in [0.4, 0.5) is 10.8 Å². The maximum atomic E-state index is 6.14. The van der Waals surface area contributed by atoms with Crippen molar-refractivity contribution in [1.82, 2.24) is 4.98 Å². The van der Waals surface area contributed by atoms with Crippen molar-refractivity contribution in [3.63, 3.8) is 0 Å². The molecule has 108 valence electrons. The molecule has 0 fully saturated rings. The monoisotopic (exact) mass is 320 g/mol. The second-order valence-corrected chi connectivity index (χ2v) is 5.74. The topological polar surface area (TPSA) is 43.4 Å². The number of ether oxygens (including phenoxy) is 2. The summed E-state index contributed by atoms with van der Waals surface area (Å²) >= 11 is 7.68. The Kier molecular flexibility index (Phi) is 3.86. The third-order valence-corrected chi connectivity index (χ3v) is 4.27. The molecule has 4 nitrogen and oxygen atoms in total. The number of nitrogens with zero attached hydrogens (tertiary/aromatic N) is 1. The molecule has 21 heavy (non-hydrogen) atoms. The fourth-order valence-corrected chi connectivity index (χ4v) is 3.06. The molecule has 0 saturated carbocycles. The molecular weight excluding hydrogens is 308 g/mol. The summed E-state index contributed by atoms with van der Waals surface area (Å²) in [5.74, 6) is 1.36. The van der Waals surface area contributed by atoms with E-state index in [0.29, 0.717) is 16.5 Å². The molecule has 0 spiro atoms. The number of hydrogen-bond donors (Lipinski definition) is 1. The Bertz CT molecular complexity index is 747.